The molecule has 1 saturated carbocycles. The Balaban J connectivity index is 1.57. The largest absolute Gasteiger partial charge is 0.376 e. The Morgan fingerprint density at radius 2 is 1.73 bits per heavy atom. The van der Waals surface area contributed by atoms with Crippen LogP contribution >= 0.6 is 0 Å². The maximum Gasteiger partial charge on any atom is 0.243 e. The van der Waals surface area contributed by atoms with Gasteiger partial charge in [-0.05, 0) is 43.9 Å². The Hall–Kier alpha value is -1.60. The smallest absolute Gasteiger partial charge is 0.243 e. The van der Waals surface area contributed by atoms with Gasteiger partial charge in [0.25, 0.3) is 0 Å². The molecule has 2 N–H and O–H groups in total. The highest BCUT2D eigenvalue weighted by molar-refractivity contribution is 7.89. The number of carbonyl (C=O) groups excluding carboxylic acids is 1. The van der Waals surface area contributed by atoms with Crippen LogP contribution in [0.2, 0.25) is 0 Å². The van der Waals surface area contributed by atoms with Crippen LogP contribution in [0.25, 0.3) is 0 Å². The first kappa shape index (κ1) is 19.2. The van der Waals surface area contributed by atoms with Gasteiger partial charge in [0.05, 0.1) is 11.4 Å². The van der Waals surface area contributed by atoms with Crippen molar-refractivity contribution in [2.75, 3.05) is 25.0 Å². The third-order valence-corrected chi connectivity index (χ3v) is 7.10. The zero-order chi connectivity index (χ0) is 18.4. The van der Waals surface area contributed by atoms with Crippen LogP contribution in [0, 0.1) is 0 Å². The minimum absolute atomic E-state index is 0.0406. The summed E-state index contributed by atoms with van der Waals surface area (Å²) < 4.78 is 27.1. The standard InChI is InChI=1S/C19H29N3O3S/c23-19(21-16-8-3-1-4-9-16)15-20-17-10-7-11-18(14-17)26(24,25)22-12-5-2-6-13-22/h7,10-11,14,16,20H,1-6,8-9,12-13,15H2,(H,21,23). The predicted octanol–water partition coefficient (Wildman–Crippen LogP) is 2.72. The van der Waals surface area contributed by atoms with Gasteiger partial charge < -0.3 is 10.6 Å². The molecule has 1 saturated heterocycles. The quantitative estimate of drug-likeness (QED) is 0.797. The number of sulfonamides is 1. The highest BCUT2D eigenvalue weighted by Crippen LogP contribution is 2.23. The van der Waals surface area contributed by atoms with E-state index in [1.807, 2.05) is 0 Å². The zero-order valence-electron chi connectivity index (χ0n) is 15.2. The van der Waals surface area contributed by atoms with E-state index in [2.05, 4.69) is 10.6 Å². The second-order valence-electron chi connectivity index (χ2n) is 7.25. The number of hydrogen-bond donors (Lipinski definition) is 2. The summed E-state index contributed by atoms with van der Waals surface area (Å²) in [6, 6.07) is 7.04. The monoisotopic (exact) mass is 379 g/mol. The summed E-state index contributed by atoms with van der Waals surface area (Å²) in [6.07, 6.45) is 8.62. The van der Waals surface area contributed by atoms with Crippen molar-refractivity contribution in [2.24, 2.45) is 0 Å². The van der Waals surface area contributed by atoms with Crippen molar-refractivity contribution >= 4 is 21.6 Å². The summed E-state index contributed by atoms with van der Waals surface area (Å²) in [5.41, 5.74) is 0.655. The van der Waals surface area contributed by atoms with Gasteiger partial charge in [-0.15, -0.1) is 0 Å². The summed E-state index contributed by atoms with van der Waals surface area (Å²) in [7, 11) is -3.45. The van der Waals surface area contributed by atoms with E-state index in [0.29, 0.717) is 18.8 Å². The molecule has 1 amide bonds. The van der Waals surface area contributed by atoms with Crippen molar-refractivity contribution in [3.63, 3.8) is 0 Å². The van der Waals surface area contributed by atoms with Crippen LogP contribution in [0.5, 0.6) is 0 Å². The first-order valence-corrected chi connectivity index (χ1v) is 11.1. The molecule has 3 rings (SSSR count). The number of rotatable bonds is 6. The van der Waals surface area contributed by atoms with Gasteiger partial charge >= 0.3 is 0 Å². The van der Waals surface area contributed by atoms with Crippen LogP contribution in [-0.4, -0.2) is 44.3 Å². The first-order chi connectivity index (χ1) is 12.6. The summed E-state index contributed by atoms with van der Waals surface area (Å²) in [4.78, 5) is 12.4. The number of amides is 1. The minimum atomic E-state index is -3.45. The van der Waals surface area contributed by atoms with Gasteiger partial charge in [0.15, 0.2) is 0 Å². The number of hydrogen-bond acceptors (Lipinski definition) is 4. The number of piperidine rings is 1. The fourth-order valence-corrected chi connectivity index (χ4v) is 5.29. The lowest BCUT2D eigenvalue weighted by molar-refractivity contribution is -0.120. The van der Waals surface area contributed by atoms with E-state index in [9.17, 15) is 13.2 Å². The topological polar surface area (TPSA) is 78.5 Å². The lowest BCUT2D eigenvalue weighted by Crippen LogP contribution is -2.39. The van der Waals surface area contributed by atoms with Crippen LogP contribution in [0.1, 0.15) is 51.4 Å². The van der Waals surface area contributed by atoms with Gasteiger partial charge in [0.2, 0.25) is 15.9 Å². The Kier molecular flexibility index (Phi) is 6.53. The van der Waals surface area contributed by atoms with E-state index >= 15 is 0 Å². The molecule has 0 bridgehead atoms. The molecule has 1 heterocycles. The van der Waals surface area contributed by atoms with Crippen LogP contribution in [-0.2, 0) is 14.8 Å². The van der Waals surface area contributed by atoms with Gasteiger partial charge in [0.1, 0.15) is 0 Å². The molecule has 0 unspecified atom stereocenters. The minimum Gasteiger partial charge on any atom is -0.376 e. The third-order valence-electron chi connectivity index (χ3n) is 5.21. The van der Waals surface area contributed by atoms with Gasteiger partial charge in [-0.1, -0.05) is 31.7 Å². The Morgan fingerprint density at radius 3 is 2.46 bits per heavy atom. The molecular weight excluding hydrogens is 350 g/mol. The second-order valence-corrected chi connectivity index (χ2v) is 9.19. The van der Waals surface area contributed by atoms with Crippen molar-refractivity contribution in [1.29, 1.82) is 0 Å². The lowest BCUT2D eigenvalue weighted by Gasteiger charge is -2.26. The van der Waals surface area contributed by atoms with E-state index in [1.165, 1.54) is 19.3 Å². The summed E-state index contributed by atoms with van der Waals surface area (Å²) >= 11 is 0. The molecule has 6 nitrogen and oxygen atoms in total. The van der Waals surface area contributed by atoms with E-state index in [1.54, 1.807) is 28.6 Å². The van der Waals surface area contributed by atoms with E-state index in [4.69, 9.17) is 0 Å². The van der Waals surface area contributed by atoms with Crippen molar-refractivity contribution in [1.82, 2.24) is 9.62 Å². The maximum atomic E-state index is 12.8. The summed E-state index contributed by atoms with van der Waals surface area (Å²) in [5.74, 6) is -0.0406. The van der Waals surface area contributed by atoms with Crippen LogP contribution < -0.4 is 10.6 Å². The molecular formula is C19H29N3O3S. The normalized spacial score (nSPS) is 19.8. The molecule has 2 aliphatic rings. The molecule has 0 aromatic heterocycles. The van der Waals surface area contributed by atoms with Gasteiger partial charge in [-0.3, -0.25) is 4.79 Å². The number of nitrogens with zero attached hydrogens (tertiary/aromatic N) is 1. The Morgan fingerprint density at radius 1 is 1.04 bits per heavy atom. The van der Waals surface area contributed by atoms with Gasteiger partial charge in [0, 0.05) is 24.8 Å². The van der Waals surface area contributed by atoms with Crippen LogP contribution in [0.15, 0.2) is 29.2 Å². The maximum absolute atomic E-state index is 12.8. The molecule has 1 aromatic rings. The lowest BCUT2D eigenvalue weighted by atomic mass is 9.95. The number of carbonyl (C=O) groups is 1. The molecule has 0 atom stereocenters. The highest BCUT2D eigenvalue weighted by Gasteiger charge is 2.26. The predicted molar refractivity (Wildman–Crippen MR) is 103 cm³/mol. The van der Waals surface area contributed by atoms with Crippen molar-refractivity contribution in [2.45, 2.75) is 62.3 Å². The average molecular weight is 380 g/mol. The number of benzene rings is 1. The second kappa shape index (κ2) is 8.86. The Bertz CT molecular complexity index is 708. The SMILES string of the molecule is O=C(CNc1cccc(S(=O)(=O)N2CCCCC2)c1)NC1CCCCC1. The third kappa shape index (κ3) is 4.98. The fourth-order valence-electron chi connectivity index (χ4n) is 3.73. The molecule has 1 aliphatic heterocycles. The van der Waals surface area contributed by atoms with E-state index in [-0.39, 0.29) is 23.4 Å². The molecule has 2 fully saturated rings. The fraction of sp³-hybridized carbons (Fsp3) is 0.632. The molecule has 7 heteroatoms. The van der Waals surface area contributed by atoms with Crippen molar-refractivity contribution in [3.8, 4) is 0 Å². The van der Waals surface area contributed by atoms with E-state index in [0.717, 1.165) is 32.1 Å². The van der Waals surface area contributed by atoms with Crippen LogP contribution in [0.3, 0.4) is 0 Å². The summed E-state index contributed by atoms with van der Waals surface area (Å²) in [6.45, 7) is 1.33. The molecule has 1 aliphatic carbocycles. The first-order valence-electron chi connectivity index (χ1n) is 9.69. The number of anilines is 1. The molecule has 144 valence electrons. The zero-order valence-corrected chi connectivity index (χ0v) is 16.1. The van der Waals surface area contributed by atoms with Gasteiger partial charge in [-0.2, -0.15) is 4.31 Å². The van der Waals surface area contributed by atoms with Crippen molar-refractivity contribution in [3.05, 3.63) is 24.3 Å². The summed E-state index contributed by atoms with van der Waals surface area (Å²) in [5, 5.41) is 6.11. The van der Waals surface area contributed by atoms with Crippen molar-refractivity contribution < 1.29 is 13.2 Å². The van der Waals surface area contributed by atoms with Gasteiger partial charge in [-0.25, -0.2) is 8.42 Å². The van der Waals surface area contributed by atoms with Crippen LogP contribution in [0.4, 0.5) is 5.69 Å². The molecule has 1 aromatic carbocycles. The molecule has 26 heavy (non-hydrogen) atoms. The molecule has 0 spiro atoms. The molecule has 0 radical (unpaired) electrons. The van der Waals surface area contributed by atoms with E-state index < -0.39 is 10.0 Å². The average Bonchev–Trinajstić information content (AvgIpc) is 2.68. The highest BCUT2D eigenvalue weighted by atomic mass is 32.2. The number of nitrogens with one attached hydrogen (secondary N) is 2. The Labute approximate surface area is 156 Å².